The van der Waals surface area contributed by atoms with Gasteiger partial charge in [-0.05, 0) is 32.6 Å². The molecule has 2 unspecified atom stereocenters. The Labute approximate surface area is 350 Å². The molecule has 0 spiro atoms. The quantitative estimate of drug-likeness (QED) is 0.203. The van der Waals surface area contributed by atoms with Gasteiger partial charge in [-0.1, -0.05) is 0 Å². The molecule has 6 aliphatic heterocycles. The highest BCUT2D eigenvalue weighted by atomic mass is 32.2. The van der Waals surface area contributed by atoms with E-state index in [0.717, 1.165) is 65.9 Å². The lowest BCUT2D eigenvalue weighted by Crippen LogP contribution is -2.35. The molecule has 4 aromatic rings. The second-order valence-electron chi connectivity index (χ2n) is 15.3. The highest BCUT2D eigenvalue weighted by Crippen LogP contribution is 2.34. The number of anilines is 4. The third kappa shape index (κ3) is 8.46. The molecular formula is C38H48N12O8S2. The smallest absolute Gasteiger partial charge is 0.358 e. The first-order valence-corrected chi connectivity index (χ1v) is 23.1. The maximum absolute atomic E-state index is 12.6. The SMILES string of the molecule is CCOC(=O)c1cn2c(n1)CN(c1nc3c(c(NC4CCOCC4)n1)S(=O)CC3)CC2.O=C(O)c1cn2c(n1)CN(c1nc3c(c(NC4CCOCC4)n1)S(=O)CC3)CC2. The molecule has 4 aromatic heterocycles. The molecule has 6 aliphatic rings. The Morgan fingerprint density at radius 3 is 1.65 bits per heavy atom. The van der Waals surface area contributed by atoms with E-state index in [0.29, 0.717) is 118 Å². The van der Waals surface area contributed by atoms with E-state index in [1.54, 1.807) is 19.3 Å². The summed E-state index contributed by atoms with van der Waals surface area (Å²) in [6, 6.07) is 0.497. The zero-order valence-corrected chi connectivity index (χ0v) is 35.0. The zero-order valence-electron chi connectivity index (χ0n) is 33.3. The number of aryl methyl sites for hydroxylation is 2. The summed E-state index contributed by atoms with van der Waals surface area (Å²) in [6.45, 7) is 8.54. The van der Waals surface area contributed by atoms with E-state index < -0.39 is 33.5 Å². The van der Waals surface area contributed by atoms with Crippen molar-refractivity contribution in [2.75, 3.05) is 78.1 Å². The second-order valence-corrected chi connectivity index (χ2v) is 18.3. The highest BCUT2D eigenvalue weighted by Gasteiger charge is 2.32. The number of nitrogens with zero attached hydrogens (tertiary/aromatic N) is 10. The molecule has 0 radical (unpaired) electrons. The van der Waals surface area contributed by atoms with Gasteiger partial charge in [0.2, 0.25) is 11.9 Å². The minimum absolute atomic E-state index is 0.0500. The number of esters is 1. The van der Waals surface area contributed by atoms with Gasteiger partial charge in [0.25, 0.3) is 0 Å². The van der Waals surface area contributed by atoms with Gasteiger partial charge in [0.05, 0.1) is 52.7 Å². The first-order chi connectivity index (χ1) is 29.2. The van der Waals surface area contributed by atoms with Gasteiger partial charge in [0.15, 0.2) is 11.4 Å². The Hall–Kier alpha value is -5.06. The van der Waals surface area contributed by atoms with Crippen molar-refractivity contribution in [3.05, 3.63) is 46.8 Å². The number of carboxylic acids is 1. The van der Waals surface area contributed by atoms with Crippen LogP contribution < -0.4 is 20.4 Å². The third-order valence-electron chi connectivity index (χ3n) is 11.3. The van der Waals surface area contributed by atoms with Crippen LogP contribution in [0.1, 0.15) is 76.6 Å². The molecule has 0 bridgehead atoms. The van der Waals surface area contributed by atoms with Crippen LogP contribution in [0.25, 0.3) is 0 Å². The highest BCUT2D eigenvalue weighted by molar-refractivity contribution is 7.85. The molecule has 10 heterocycles. The summed E-state index contributed by atoms with van der Waals surface area (Å²) in [7, 11) is -2.16. The standard InChI is InChI=1S/C20H26N6O4S.C18H22N6O4S/c1-2-30-19(27)15-11-25-6-7-26(12-16(25)22-15)20-23-14-5-10-31(28)17(14)18(24-20)21-13-3-8-29-9-4-13;25-17(26)13-9-23-4-5-24(10-14(23)20-13)18-21-12-3-8-29(27)15(12)16(22-18)19-11-1-6-28-7-2-11/h11,13H,2-10,12H2,1H3,(H,21,23,24);9,11H,1-8,10H2,(H,25,26)(H,19,21,22). The summed E-state index contributed by atoms with van der Waals surface area (Å²) in [4.78, 5) is 56.4. The molecular weight excluding hydrogens is 817 g/mol. The lowest BCUT2D eigenvalue weighted by molar-refractivity contribution is 0.0519. The summed E-state index contributed by atoms with van der Waals surface area (Å²) in [6.07, 6.45) is 8.26. The van der Waals surface area contributed by atoms with Crippen molar-refractivity contribution in [2.45, 2.75) is 93.5 Å². The number of hydrogen-bond donors (Lipinski definition) is 3. The number of aromatic nitrogens is 8. The second kappa shape index (κ2) is 17.5. The van der Waals surface area contributed by atoms with Crippen molar-refractivity contribution in [2.24, 2.45) is 0 Å². The number of fused-ring (bicyclic) bond motifs is 4. The van der Waals surface area contributed by atoms with Gasteiger partial charge in [-0.25, -0.2) is 29.5 Å². The normalized spacial score (nSPS) is 21.3. The van der Waals surface area contributed by atoms with Crippen LogP contribution in [0.5, 0.6) is 0 Å². The van der Waals surface area contributed by atoms with Crippen molar-refractivity contribution in [3.8, 4) is 0 Å². The van der Waals surface area contributed by atoms with Crippen LogP contribution >= 0.6 is 0 Å². The fraction of sp³-hybridized carbons (Fsp3) is 0.579. The topological polar surface area (TPSA) is 234 Å². The van der Waals surface area contributed by atoms with E-state index in [2.05, 4.69) is 25.5 Å². The maximum Gasteiger partial charge on any atom is 0.358 e. The maximum atomic E-state index is 12.6. The zero-order chi connectivity index (χ0) is 41.3. The van der Waals surface area contributed by atoms with Crippen LogP contribution in [-0.2, 0) is 74.8 Å². The molecule has 3 N–H and O–H groups in total. The van der Waals surface area contributed by atoms with E-state index in [1.807, 2.05) is 14.0 Å². The van der Waals surface area contributed by atoms with Crippen LogP contribution in [0.15, 0.2) is 22.2 Å². The first kappa shape index (κ1) is 40.4. The van der Waals surface area contributed by atoms with Gasteiger partial charge in [0.1, 0.15) is 33.1 Å². The van der Waals surface area contributed by atoms with Crippen LogP contribution in [0.2, 0.25) is 0 Å². The minimum Gasteiger partial charge on any atom is -0.476 e. The van der Waals surface area contributed by atoms with Gasteiger partial charge >= 0.3 is 11.9 Å². The predicted molar refractivity (Wildman–Crippen MR) is 218 cm³/mol. The number of carbonyl (C=O) groups excluding carboxylic acids is 1. The van der Waals surface area contributed by atoms with Crippen molar-refractivity contribution >= 4 is 57.1 Å². The van der Waals surface area contributed by atoms with Gasteiger partial charge in [-0.3, -0.25) is 8.42 Å². The molecule has 22 heteroatoms. The number of hydrogen-bond acceptors (Lipinski definition) is 17. The summed E-state index contributed by atoms with van der Waals surface area (Å²) >= 11 is 0. The Morgan fingerprint density at radius 1 is 0.717 bits per heavy atom. The molecule has 60 heavy (non-hydrogen) atoms. The summed E-state index contributed by atoms with van der Waals surface area (Å²) in [5.74, 6) is 3.71. The molecule has 2 fully saturated rings. The van der Waals surface area contributed by atoms with Crippen molar-refractivity contribution in [1.82, 2.24) is 39.0 Å². The minimum atomic E-state index is -1.08. The van der Waals surface area contributed by atoms with Crippen LogP contribution in [0.3, 0.4) is 0 Å². The fourth-order valence-electron chi connectivity index (χ4n) is 8.17. The lowest BCUT2D eigenvalue weighted by atomic mass is 10.1. The first-order valence-electron chi connectivity index (χ1n) is 20.5. The van der Waals surface area contributed by atoms with Gasteiger partial charge in [-0.15, -0.1) is 0 Å². The van der Waals surface area contributed by atoms with E-state index in [1.165, 1.54) is 0 Å². The number of carboxylic acid groups (broad SMARTS) is 1. The van der Waals surface area contributed by atoms with Crippen LogP contribution in [0.4, 0.5) is 23.5 Å². The number of ether oxygens (including phenoxy) is 3. The van der Waals surface area contributed by atoms with E-state index in [4.69, 9.17) is 34.1 Å². The summed E-state index contributed by atoms with van der Waals surface area (Å²) in [5, 5.41) is 16.2. The van der Waals surface area contributed by atoms with E-state index in [-0.39, 0.29) is 17.8 Å². The summed E-state index contributed by atoms with van der Waals surface area (Å²) in [5.41, 5.74) is 2.07. The molecule has 0 amide bonds. The van der Waals surface area contributed by atoms with Crippen molar-refractivity contribution in [1.29, 1.82) is 0 Å². The molecule has 0 aliphatic carbocycles. The Kier molecular flexibility index (Phi) is 11.8. The number of imidazole rings is 2. The summed E-state index contributed by atoms with van der Waals surface area (Å²) < 4.78 is 44.9. The average molecular weight is 865 g/mol. The van der Waals surface area contributed by atoms with Crippen molar-refractivity contribution < 1.29 is 37.3 Å². The third-order valence-corrected chi connectivity index (χ3v) is 14.3. The Morgan fingerprint density at radius 2 is 1.18 bits per heavy atom. The number of nitrogens with one attached hydrogen (secondary N) is 2. The number of aromatic carboxylic acids is 1. The van der Waals surface area contributed by atoms with Crippen LogP contribution in [0, 0.1) is 0 Å². The molecule has 0 saturated carbocycles. The average Bonchev–Trinajstić information content (AvgIpc) is 4.07. The fourth-order valence-corrected chi connectivity index (χ4v) is 10.8. The van der Waals surface area contributed by atoms with E-state index >= 15 is 0 Å². The molecule has 0 aromatic carbocycles. The lowest BCUT2D eigenvalue weighted by Gasteiger charge is -2.29. The molecule has 320 valence electrons. The largest absolute Gasteiger partial charge is 0.476 e. The van der Waals surface area contributed by atoms with Gasteiger partial charge in [-0.2, -0.15) is 9.97 Å². The predicted octanol–water partition coefficient (Wildman–Crippen LogP) is 1.77. The molecule has 20 nitrogen and oxygen atoms in total. The molecule has 2 saturated heterocycles. The van der Waals surface area contributed by atoms with Gasteiger partial charge < -0.3 is 48.9 Å². The monoisotopic (exact) mass is 864 g/mol. The molecule has 2 atom stereocenters. The number of carbonyl (C=O) groups is 2. The number of rotatable bonds is 9. The van der Waals surface area contributed by atoms with Gasteiger partial charge in [0, 0.05) is 101 Å². The van der Waals surface area contributed by atoms with E-state index in [9.17, 15) is 23.1 Å². The van der Waals surface area contributed by atoms with Crippen molar-refractivity contribution in [3.63, 3.8) is 0 Å². The Balaban J connectivity index is 0.000000154. The Bertz CT molecular complexity index is 2330. The molecule has 10 rings (SSSR count). The van der Waals surface area contributed by atoms with Crippen LogP contribution in [-0.4, -0.2) is 134 Å².